The van der Waals surface area contributed by atoms with E-state index in [9.17, 15) is 4.79 Å². The molecule has 1 N–H and O–H groups in total. The van der Waals surface area contributed by atoms with E-state index in [0.717, 1.165) is 36.2 Å². The Kier molecular flexibility index (Phi) is 3.33. The summed E-state index contributed by atoms with van der Waals surface area (Å²) in [4.78, 5) is 14.6. The molecule has 0 aliphatic carbocycles. The summed E-state index contributed by atoms with van der Waals surface area (Å²) < 4.78 is 0. The van der Waals surface area contributed by atoms with E-state index in [1.54, 1.807) is 0 Å². The van der Waals surface area contributed by atoms with Crippen LogP contribution in [0.2, 0.25) is 0 Å². The molecular weight excluding hydrogens is 224 g/mol. The monoisotopic (exact) mass is 246 g/mol. The van der Waals surface area contributed by atoms with E-state index >= 15 is 0 Å². The Morgan fingerprint density at radius 1 is 1.39 bits per heavy atom. The molecule has 0 atom stereocenters. The van der Waals surface area contributed by atoms with E-state index < -0.39 is 0 Å². The molecule has 1 aromatic rings. The van der Waals surface area contributed by atoms with Gasteiger partial charge in [-0.3, -0.25) is 4.79 Å². The molecule has 0 radical (unpaired) electrons. The van der Waals surface area contributed by atoms with Crippen molar-refractivity contribution in [2.24, 2.45) is 0 Å². The maximum absolute atomic E-state index is 12.6. The maximum atomic E-state index is 12.6. The quantitative estimate of drug-likeness (QED) is 0.870. The predicted molar refractivity (Wildman–Crippen MR) is 75.1 cm³/mol. The third kappa shape index (κ3) is 2.22. The van der Waals surface area contributed by atoms with Crippen LogP contribution in [-0.2, 0) is 0 Å². The molecule has 2 rings (SSSR count). The summed E-state index contributed by atoms with van der Waals surface area (Å²) in [6.45, 7) is 7.17. The van der Waals surface area contributed by atoms with Crippen LogP contribution in [0.4, 0.5) is 5.69 Å². The summed E-state index contributed by atoms with van der Waals surface area (Å²) in [5.41, 5.74) is 2.90. The maximum Gasteiger partial charge on any atom is 0.254 e. The highest BCUT2D eigenvalue weighted by atomic mass is 16.2. The first-order valence-electron chi connectivity index (χ1n) is 6.56. The van der Waals surface area contributed by atoms with Gasteiger partial charge in [0.15, 0.2) is 0 Å². The Hall–Kier alpha value is -1.51. The Labute approximate surface area is 109 Å². The number of carbonyl (C=O) groups excluding carboxylic acids is 1. The van der Waals surface area contributed by atoms with Gasteiger partial charge in [0.1, 0.15) is 0 Å². The summed E-state index contributed by atoms with van der Waals surface area (Å²) in [5, 5.41) is 3.09. The second kappa shape index (κ2) is 4.63. The van der Waals surface area contributed by atoms with Crippen LogP contribution < -0.4 is 5.32 Å². The molecule has 1 aliphatic rings. The number of nitrogens with zero attached hydrogens (tertiary/aromatic N) is 1. The smallest absolute Gasteiger partial charge is 0.254 e. The molecule has 1 aromatic carbocycles. The van der Waals surface area contributed by atoms with Gasteiger partial charge in [-0.2, -0.15) is 0 Å². The molecular formula is C15H22N2O. The zero-order valence-corrected chi connectivity index (χ0v) is 11.7. The summed E-state index contributed by atoms with van der Waals surface area (Å²) in [6, 6.07) is 5.91. The topological polar surface area (TPSA) is 32.3 Å². The summed E-state index contributed by atoms with van der Waals surface area (Å²) in [5.74, 6) is 0.164. The SMILES string of the molecule is CNc1ccc(C(=O)N2CCCC2(C)C)c(C)c1. The molecule has 0 bridgehead atoms. The van der Waals surface area contributed by atoms with Crippen molar-refractivity contribution in [2.45, 2.75) is 39.2 Å². The Morgan fingerprint density at radius 2 is 2.11 bits per heavy atom. The van der Waals surface area contributed by atoms with E-state index in [1.165, 1.54) is 0 Å². The van der Waals surface area contributed by atoms with Crippen molar-refractivity contribution in [1.29, 1.82) is 0 Å². The number of rotatable bonds is 2. The lowest BCUT2D eigenvalue weighted by atomic mass is 10.00. The van der Waals surface area contributed by atoms with E-state index in [4.69, 9.17) is 0 Å². The first-order chi connectivity index (χ1) is 8.45. The van der Waals surface area contributed by atoms with E-state index in [0.29, 0.717) is 0 Å². The number of nitrogens with one attached hydrogen (secondary N) is 1. The fraction of sp³-hybridized carbons (Fsp3) is 0.533. The lowest BCUT2D eigenvalue weighted by molar-refractivity contribution is 0.0651. The molecule has 0 saturated carbocycles. The fourth-order valence-electron chi connectivity index (χ4n) is 2.69. The first-order valence-corrected chi connectivity index (χ1v) is 6.56. The third-order valence-electron chi connectivity index (χ3n) is 3.89. The van der Waals surface area contributed by atoms with Gasteiger partial charge in [0.25, 0.3) is 5.91 Å². The lowest BCUT2D eigenvalue weighted by Crippen LogP contribution is -2.42. The van der Waals surface area contributed by atoms with Gasteiger partial charge in [-0.15, -0.1) is 0 Å². The molecule has 3 heteroatoms. The van der Waals surface area contributed by atoms with Gasteiger partial charge in [-0.1, -0.05) is 0 Å². The standard InChI is InChI=1S/C15H22N2O/c1-11-10-12(16-4)6-7-13(11)14(18)17-9-5-8-15(17,2)3/h6-7,10,16H,5,8-9H2,1-4H3. The number of benzene rings is 1. The highest BCUT2D eigenvalue weighted by Crippen LogP contribution is 2.30. The van der Waals surface area contributed by atoms with Crippen LogP contribution in [-0.4, -0.2) is 29.9 Å². The summed E-state index contributed by atoms with van der Waals surface area (Å²) in [6.07, 6.45) is 2.19. The molecule has 0 aromatic heterocycles. The zero-order valence-electron chi connectivity index (χ0n) is 11.7. The van der Waals surface area contributed by atoms with Gasteiger partial charge in [0, 0.05) is 30.4 Å². The van der Waals surface area contributed by atoms with Gasteiger partial charge in [-0.05, 0) is 57.4 Å². The third-order valence-corrected chi connectivity index (χ3v) is 3.89. The minimum Gasteiger partial charge on any atom is -0.388 e. The van der Waals surface area contributed by atoms with Crippen LogP contribution in [0.25, 0.3) is 0 Å². The number of likely N-dealkylation sites (tertiary alicyclic amines) is 1. The highest BCUT2D eigenvalue weighted by molar-refractivity contribution is 5.96. The fourth-order valence-corrected chi connectivity index (χ4v) is 2.69. The molecule has 1 saturated heterocycles. The molecule has 1 fully saturated rings. The van der Waals surface area contributed by atoms with Crippen molar-refractivity contribution in [3.05, 3.63) is 29.3 Å². The molecule has 1 heterocycles. The molecule has 1 amide bonds. The summed E-state index contributed by atoms with van der Waals surface area (Å²) in [7, 11) is 1.89. The van der Waals surface area contributed by atoms with Gasteiger partial charge in [0.05, 0.1) is 0 Å². The van der Waals surface area contributed by atoms with E-state index in [-0.39, 0.29) is 11.4 Å². The van der Waals surface area contributed by atoms with Crippen LogP contribution in [0.5, 0.6) is 0 Å². The molecule has 18 heavy (non-hydrogen) atoms. The van der Waals surface area contributed by atoms with Crippen molar-refractivity contribution >= 4 is 11.6 Å². The largest absolute Gasteiger partial charge is 0.388 e. The second-order valence-electron chi connectivity index (χ2n) is 5.65. The molecule has 3 nitrogen and oxygen atoms in total. The average molecular weight is 246 g/mol. The van der Waals surface area contributed by atoms with Crippen LogP contribution in [0.1, 0.15) is 42.6 Å². The first kappa shape index (κ1) is 12.9. The Bertz CT molecular complexity index is 466. The van der Waals surface area contributed by atoms with Crippen molar-refractivity contribution in [3.8, 4) is 0 Å². The van der Waals surface area contributed by atoms with E-state index in [1.807, 2.05) is 37.1 Å². The molecule has 0 unspecified atom stereocenters. The second-order valence-corrected chi connectivity index (χ2v) is 5.65. The molecule has 98 valence electrons. The van der Waals surface area contributed by atoms with Crippen molar-refractivity contribution in [2.75, 3.05) is 18.9 Å². The predicted octanol–water partition coefficient (Wildman–Crippen LogP) is 3.05. The number of hydrogen-bond donors (Lipinski definition) is 1. The van der Waals surface area contributed by atoms with Crippen LogP contribution in [0.15, 0.2) is 18.2 Å². The highest BCUT2D eigenvalue weighted by Gasteiger charge is 2.36. The number of aryl methyl sites for hydroxylation is 1. The number of anilines is 1. The van der Waals surface area contributed by atoms with E-state index in [2.05, 4.69) is 19.2 Å². The van der Waals surface area contributed by atoms with Crippen LogP contribution in [0, 0.1) is 6.92 Å². The van der Waals surface area contributed by atoms with Crippen molar-refractivity contribution in [1.82, 2.24) is 4.90 Å². The molecule has 0 spiro atoms. The van der Waals surface area contributed by atoms with Crippen LogP contribution in [0.3, 0.4) is 0 Å². The zero-order chi connectivity index (χ0) is 13.3. The van der Waals surface area contributed by atoms with Gasteiger partial charge in [-0.25, -0.2) is 0 Å². The van der Waals surface area contributed by atoms with Crippen molar-refractivity contribution < 1.29 is 4.79 Å². The normalized spacial score (nSPS) is 17.9. The summed E-state index contributed by atoms with van der Waals surface area (Å²) >= 11 is 0. The van der Waals surface area contributed by atoms with Gasteiger partial charge in [0.2, 0.25) is 0 Å². The lowest BCUT2D eigenvalue weighted by Gasteiger charge is -2.32. The number of amides is 1. The number of carbonyl (C=O) groups is 1. The van der Waals surface area contributed by atoms with Crippen LogP contribution >= 0.6 is 0 Å². The average Bonchev–Trinajstić information content (AvgIpc) is 2.68. The Morgan fingerprint density at radius 3 is 2.61 bits per heavy atom. The minimum absolute atomic E-state index is 0.00873. The number of hydrogen-bond acceptors (Lipinski definition) is 2. The Balaban J connectivity index is 2.29. The van der Waals surface area contributed by atoms with Gasteiger partial charge < -0.3 is 10.2 Å². The van der Waals surface area contributed by atoms with Gasteiger partial charge >= 0.3 is 0 Å². The van der Waals surface area contributed by atoms with Crippen molar-refractivity contribution in [3.63, 3.8) is 0 Å². The molecule has 1 aliphatic heterocycles. The minimum atomic E-state index is -0.00873.